The second kappa shape index (κ2) is 8.94. The van der Waals surface area contributed by atoms with Gasteiger partial charge in [0.25, 0.3) is 0 Å². The summed E-state index contributed by atoms with van der Waals surface area (Å²) in [6.45, 7) is 1.49. The third kappa shape index (κ3) is 3.85. The van der Waals surface area contributed by atoms with Crippen LogP contribution in [0.4, 0.5) is 0 Å². The van der Waals surface area contributed by atoms with Gasteiger partial charge in [-0.25, -0.2) is 5.01 Å². The average molecular weight is 414 g/mol. The van der Waals surface area contributed by atoms with Gasteiger partial charge in [-0.05, 0) is 35.9 Å². The van der Waals surface area contributed by atoms with Crippen LogP contribution in [0.1, 0.15) is 30.5 Å². The molecule has 0 aromatic heterocycles. The number of amides is 1. The van der Waals surface area contributed by atoms with Crippen LogP contribution in [0.15, 0.2) is 35.4 Å². The Morgan fingerprint density at radius 2 is 1.47 bits per heavy atom. The Morgan fingerprint density at radius 1 is 0.867 bits per heavy atom. The zero-order valence-corrected chi connectivity index (χ0v) is 18.0. The van der Waals surface area contributed by atoms with Gasteiger partial charge in [0.05, 0.1) is 47.3 Å². The number of ether oxygens (including phenoxy) is 5. The van der Waals surface area contributed by atoms with Crippen LogP contribution in [0.5, 0.6) is 28.7 Å². The van der Waals surface area contributed by atoms with Crippen LogP contribution >= 0.6 is 0 Å². The maximum Gasteiger partial charge on any atom is 0.240 e. The van der Waals surface area contributed by atoms with E-state index < -0.39 is 0 Å². The van der Waals surface area contributed by atoms with Crippen LogP contribution in [-0.4, -0.2) is 52.2 Å². The van der Waals surface area contributed by atoms with E-state index in [1.807, 2.05) is 30.3 Å². The molecule has 2 aromatic carbocycles. The van der Waals surface area contributed by atoms with Crippen LogP contribution in [0.2, 0.25) is 0 Å². The highest BCUT2D eigenvalue weighted by Gasteiger charge is 2.33. The fourth-order valence-corrected chi connectivity index (χ4v) is 3.54. The van der Waals surface area contributed by atoms with Crippen molar-refractivity contribution < 1.29 is 28.5 Å². The number of methoxy groups -OCH3 is 5. The van der Waals surface area contributed by atoms with Crippen LogP contribution in [0.3, 0.4) is 0 Å². The number of hydrogen-bond donors (Lipinski definition) is 0. The van der Waals surface area contributed by atoms with Crippen LogP contribution in [0, 0.1) is 0 Å². The summed E-state index contributed by atoms with van der Waals surface area (Å²) in [5, 5.41) is 6.07. The summed E-state index contributed by atoms with van der Waals surface area (Å²) in [5.74, 6) is 2.61. The predicted molar refractivity (Wildman–Crippen MR) is 112 cm³/mol. The summed E-state index contributed by atoms with van der Waals surface area (Å²) < 4.78 is 27.0. The van der Waals surface area contributed by atoms with Gasteiger partial charge in [-0.1, -0.05) is 0 Å². The maximum atomic E-state index is 12.3. The molecule has 0 saturated heterocycles. The predicted octanol–water partition coefficient (Wildman–Crippen LogP) is 3.43. The summed E-state index contributed by atoms with van der Waals surface area (Å²) in [6.07, 6.45) is 0.522. The van der Waals surface area contributed by atoms with Crippen molar-refractivity contribution >= 4 is 11.6 Å². The number of hydrazone groups is 1. The second-order valence-corrected chi connectivity index (χ2v) is 6.66. The first-order chi connectivity index (χ1) is 14.5. The molecule has 0 saturated carbocycles. The molecule has 2 aromatic rings. The van der Waals surface area contributed by atoms with Crippen molar-refractivity contribution in [3.63, 3.8) is 0 Å². The quantitative estimate of drug-likeness (QED) is 0.691. The normalized spacial score (nSPS) is 15.5. The first-order valence-corrected chi connectivity index (χ1v) is 9.36. The van der Waals surface area contributed by atoms with Crippen molar-refractivity contribution in [2.45, 2.75) is 19.4 Å². The Morgan fingerprint density at radius 3 is 1.97 bits per heavy atom. The van der Waals surface area contributed by atoms with Gasteiger partial charge in [0.2, 0.25) is 11.7 Å². The van der Waals surface area contributed by atoms with Gasteiger partial charge in [-0.15, -0.1) is 0 Å². The molecule has 0 bridgehead atoms. The monoisotopic (exact) mass is 414 g/mol. The van der Waals surface area contributed by atoms with Gasteiger partial charge in [-0.2, -0.15) is 5.10 Å². The van der Waals surface area contributed by atoms with E-state index in [-0.39, 0.29) is 11.9 Å². The zero-order valence-electron chi connectivity index (χ0n) is 18.0. The van der Waals surface area contributed by atoms with Crippen molar-refractivity contribution in [1.29, 1.82) is 0 Å². The molecule has 0 N–H and O–H groups in total. The number of carbonyl (C=O) groups excluding carboxylic acids is 1. The standard InChI is InChI=1S/C22H26N2O6/c1-13(25)24-17(15-10-20(28-4)22(30-6)21(11-15)29-5)12-16(23-24)14-7-8-18(26-2)19(9-14)27-3/h7-11,17H,12H2,1-6H3/t17-/m1/s1. The molecule has 8 heteroatoms. The van der Waals surface area contributed by atoms with Gasteiger partial charge in [0, 0.05) is 18.9 Å². The Hall–Kier alpha value is -3.42. The Bertz CT molecular complexity index is 947. The Kier molecular flexibility index (Phi) is 6.34. The molecule has 160 valence electrons. The zero-order chi connectivity index (χ0) is 21.8. The smallest absolute Gasteiger partial charge is 0.240 e. The molecule has 0 unspecified atom stereocenters. The minimum absolute atomic E-state index is 0.163. The van der Waals surface area contributed by atoms with Crippen molar-refractivity contribution in [2.24, 2.45) is 5.10 Å². The molecule has 1 aliphatic heterocycles. The average Bonchev–Trinajstić information content (AvgIpc) is 3.23. The lowest BCUT2D eigenvalue weighted by molar-refractivity contribution is -0.130. The van der Waals surface area contributed by atoms with Gasteiger partial charge in [0.15, 0.2) is 23.0 Å². The minimum Gasteiger partial charge on any atom is -0.493 e. The lowest BCUT2D eigenvalue weighted by atomic mass is 9.97. The van der Waals surface area contributed by atoms with E-state index in [1.54, 1.807) is 35.5 Å². The number of carbonyl (C=O) groups is 1. The third-order valence-electron chi connectivity index (χ3n) is 5.02. The summed E-state index contributed by atoms with van der Waals surface area (Å²) in [7, 11) is 7.84. The molecule has 1 heterocycles. The summed E-state index contributed by atoms with van der Waals surface area (Å²) in [6, 6.07) is 8.95. The molecular weight excluding hydrogens is 388 g/mol. The molecule has 1 amide bonds. The summed E-state index contributed by atoms with van der Waals surface area (Å²) in [4.78, 5) is 12.3. The molecule has 30 heavy (non-hydrogen) atoms. The highest BCUT2D eigenvalue weighted by molar-refractivity contribution is 6.03. The lowest BCUT2D eigenvalue weighted by Gasteiger charge is -2.22. The molecule has 0 spiro atoms. The highest BCUT2D eigenvalue weighted by Crippen LogP contribution is 2.43. The van der Waals surface area contributed by atoms with Gasteiger partial charge < -0.3 is 23.7 Å². The van der Waals surface area contributed by atoms with Crippen molar-refractivity contribution in [1.82, 2.24) is 5.01 Å². The van der Waals surface area contributed by atoms with Crippen molar-refractivity contribution in [2.75, 3.05) is 35.5 Å². The second-order valence-electron chi connectivity index (χ2n) is 6.66. The topological polar surface area (TPSA) is 78.8 Å². The van der Waals surface area contributed by atoms with E-state index in [4.69, 9.17) is 23.7 Å². The molecule has 0 fully saturated rings. The lowest BCUT2D eigenvalue weighted by Crippen LogP contribution is -2.24. The highest BCUT2D eigenvalue weighted by atomic mass is 16.5. The molecule has 1 atom stereocenters. The van der Waals surface area contributed by atoms with Crippen LogP contribution in [0.25, 0.3) is 0 Å². The fraction of sp³-hybridized carbons (Fsp3) is 0.364. The van der Waals surface area contributed by atoms with Crippen LogP contribution in [-0.2, 0) is 4.79 Å². The van der Waals surface area contributed by atoms with Gasteiger partial charge in [-0.3, -0.25) is 4.79 Å². The third-order valence-corrected chi connectivity index (χ3v) is 5.02. The van der Waals surface area contributed by atoms with Gasteiger partial charge in [0.1, 0.15) is 0 Å². The summed E-state index contributed by atoms with van der Waals surface area (Å²) >= 11 is 0. The van der Waals surface area contributed by atoms with E-state index in [0.717, 1.165) is 16.8 Å². The Balaban J connectivity index is 2.02. The molecule has 1 aliphatic rings. The number of rotatable bonds is 7. The molecule has 8 nitrogen and oxygen atoms in total. The summed E-state index contributed by atoms with van der Waals surface area (Å²) in [5.41, 5.74) is 2.46. The largest absolute Gasteiger partial charge is 0.493 e. The van der Waals surface area contributed by atoms with E-state index in [9.17, 15) is 4.79 Å². The van der Waals surface area contributed by atoms with Crippen molar-refractivity contribution in [3.05, 3.63) is 41.5 Å². The van der Waals surface area contributed by atoms with Crippen molar-refractivity contribution in [3.8, 4) is 28.7 Å². The number of nitrogens with zero attached hydrogens (tertiary/aromatic N) is 2. The number of hydrogen-bond acceptors (Lipinski definition) is 7. The molecule has 0 radical (unpaired) electrons. The van der Waals surface area contributed by atoms with E-state index >= 15 is 0 Å². The number of benzene rings is 2. The first-order valence-electron chi connectivity index (χ1n) is 9.36. The molecule has 3 rings (SSSR count). The van der Waals surface area contributed by atoms with Crippen LogP contribution < -0.4 is 23.7 Å². The van der Waals surface area contributed by atoms with E-state index in [2.05, 4.69) is 5.10 Å². The molecule has 0 aliphatic carbocycles. The molecular formula is C22H26N2O6. The van der Waals surface area contributed by atoms with Gasteiger partial charge >= 0.3 is 0 Å². The minimum atomic E-state index is -0.306. The first kappa shape index (κ1) is 21.3. The van der Waals surface area contributed by atoms with E-state index in [1.165, 1.54) is 11.9 Å². The SMILES string of the molecule is COc1ccc(C2=NN(C(C)=O)[C@@H](c3cc(OC)c(OC)c(OC)c3)C2)cc1OC. The van der Waals surface area contributed by atoms with E-state index in [0.29, 0.717) is 35.2 Å². The Labute approximate surface area is 175 Å². The maximum absolute atomic E-state index is 12.3. The fourth-order valence-electron chi connectivity index (χ4n) is 3.54.